The van der Waals surface area contributed by atoms with E-state index in [0.29, 0.717) is 5.41 Å². The van der Waals surface area contributed by atoms with Crippen LogP contribution in [-0.2, 0) is 27.1 Å². The van der Waals surface area contributed by atoms with Crippen LogP contribution in [0, 0.1) is 29.1 Å². The smallest absolute Gasteiger partial charge is 0.0543 e. The lowest BCUT2D eigenvalue weighted by Gasteiger charge is -2.76. The Bertz CT molecular complexity index is 2100. The quantitative estimate of drug-likeness (QED) is 0.209. The fourth-order valence-corrected chi connectivity index (χ4v) is 14.7. The summed E-state index contributed by atoms with van der Waals surface area (Å²) in [5, 5.41) is 0. The Morgan fingerprint density at radius 1 is 0.490 bits per heavy atom. The summed E-state index contributed by atoms with van der Waals surface area (Å²) in [5.74, 6) is 3.58. The van der Waals surface area contributed by atoms with E-state index in [1.165, 1.54) is 79.6 Å². The fourth-order valence-electron chi connectivity index (χ4n) is 14.7. The molecule has 6 unspecified atom stereocenters. The summed E-state index contributed by atoms with van der Waals surface area (Å²) < 4.78 is 0. The number of benzene rings is 4. The predicted molar refractivity (Wildman–Crippen MR) is 213 cm³/mol. The summed E-state index contributed by atoms with van der Waals surface area (Å²) >= 11 is 0. The number of hydrogen-bond acceptors (Lipinski definition) is 1. The number of nitrogens with zero attached hydrogens (tertiary/aromatic N) is 1. The van der Waals surface area contributed by atoms with Crippen molar-refractivity contribution in [1.29, 1.82) is 0 Å². The predicted octanol–water partition coefficient (Wildman–Crippen LogP) is 13.2. The Morgan fingerprint density at radius 2 is 1.00 bits per heavy atom. The maximum absolute atomic E-state index is 2.82. The largest absolute Gasteiger partial charge is 0.309 e. The third-order valence-corrected chi connectivity index (χ3v) is 17.0. The molecule has 262 valence electrons. The maximum atomic E-state index is 2.82. The first kappa shape index (κ1) is 31.2. The van der Waals surface area contributed by atoms with E-state index in [9.17, 15) is 0 Å². The lowest BCUT2D eigenvalue weighted by atomic mass is 9.27. The van der Waals surface area contributed by atoms with E-state index in [2.05, 4.69) is 139 Å². The van der Waals surface area contributed by atoms with Gasteiger partial charge in [-0.05, 0) is 159 Å². The highest BCUT2D eigenvalue weighted by Gasteiger charge is 2.84. The SMILES string of the molecule is CC1(C)CCC(C)(C)c2c(N(c3cccc4c3-c3ccccc3C43C4CC5CC6CC3C64C5)c3cccc4c3C(C)(C)CCC4(C)C)cccc21. The molecule has 11 rings (SSSR count). The zero-order valence-corrected chi connectivity index (χ0v) is 32.4. The van der Waals surface area contributed by atoms with Crippen LogP contribution in [0.5, 0.6) is 0 Å². The normalized spacial score (nSPS) is 34.0. The maximum Gasteiger partial charge on any atom is 0.0543 e. The van der Waals surface area contributed by atoms with Gasteiger partial charge in [-0.1, -0.05) is 116 Å². The molecule has 51 heavy (non-hydrogen) atoms. The van der Waals surface area contributed by atoms with Crippen molar-refractivity contribution in [3.8, 4) is 11.1 Å². The minimum absolute atomic E-state index is 0.0742. The summed E-state index contributed by atoms with van der Waals surface area (Å²) in [6, 6.07) is 32.0. The van der Waals surface area contributed by atoms with E-state index < -0.39 is 0 Å². The van der Waals surface area contributed by atoms with Gasteiger partial charge in [-0.15, -0.1) is 0 Å². The Morgan fingerprint density at radius 3 is 1.61 bits per heavy atom. The molecular formula is C50H57N. The fraction of sp³-hybridized carbons (Fsp3) is 0.520. The van der Waals surface area contributed by atoms with E-state index >= 15 is 0 Å². The van der Waals surface area contributed by atoms with Crippen LogP contribution in [0.4, 0.5) is 17.1 Å². The zero-order chi connectivity index (χ0) is 35.1. The lowest BCUT2D eigenvalue weighted by Crippen LogP contribution is -2.73. The highest BCUT2D eigenvalue weighted by atomic mass is 15.2. The van der Waals surface area contributed by atoms with Gasteiger partial charge in [0, 0.05) is 11.0 Å². The molecule has 4 saturated carbocycles. The van der Waals surface area contributed by atoms with Crippen molar-refractivity contribution in [2.24, 2.45) is 29.1 Å². The molecule has 7 aliphatic rings. The summed E-state index contributed by atoms with van der Waals surface area (Å²) in [5.41, 5.74) is 18.0. The molecule has 0 N–H and O–H groups in total. The highest BCUT2D eigenvalue weighted by molar-refractivity contribution is 5.97. The second-order valence-electron chi connectivity index (χ2n) is 21.1. The van der Waals surface area contributed by atoms with Gasteiger partial charge >= 0.3 is 0 Å². The molecule has 4 fully saturated rings. The summed E-state index contributed by atoms with van der Waals surface area (Å²) in [4.78, 5) is 2.82. The van der Waals surface area contributed by atoms with Gasteiger partial charge in [0.05, 0.1) is 17.1 Å². The first-order valence-corrected chi connectivity index (χ1v) is 20.5. The van der Waals surface area contributed by atoms with Crippen molar-refractivity contribution in [1.82, 2.24) is 0 Å². The Labute approximate surface area is 307 Å². The first-order chi connectivity index (χ1) is 24.2. The molecule has 1 heteroatoms. The van der Waals surface area contributed by atoms with Crippen molar-refractivity contribution in [2.75, 3.05) is 4.90 Å². The molecule has 0 aromatic heterocycles. The van der Waals surface area contributed by atoms with E-state index in [1.54, 1.807) is 33.4 Å². The molecule has 0 heterocycles. The van der Waals surface area contributed by atoms with Gasteiger partial charge < -0.3 is 4.90 Å². The van der Waals surface area contributed by atoms with Gasteiger partial charge in [0.25, 0.3) is 0 Å². The molecule has 1 nitrogen and oxygen atoms in total. The van der Waals surface area contributed by atoms with Gasteiger partial charge in [-0.3, -0.25) is 0 Å². The monoisotopic (exact) mass is 671 g/mol. The van der Waals surface area contributed by atoms with E-state index in [4.69, 9.17) is 0 Å². The summed E-state index contributed by atoms with van der Waals surface area (Å²) in [7, 11) is 0. The molecule has 7 aliphatic carbocycles. The van der Waals surface area contributed by atoms with Crippen LogP contribution < -0.4 is 4.90 Å². The highest BCUT2D eigenvalue weighted by Crippen LogP contribution is 2.90. The van der Waals surface area contributed by atoms with Gasteiger partial charge in [-0.25, -0.2) is 0 Å². The topological polar surface area (TPSA) is 3.24 Å². The van der Waals surface area contributed by atoms with Crippen LogP contribution in [0.1, 0.15) is 140 Å². The second kappa shape index (κ2) is 9.42. The Kier molecular flexibility index (Phi) is 5.77. The van der Waals surface area contributed by atoms with E-state index in [1.807, 2.05) is 0 Å². The number of hydrogen-bond donors (Lipinski definition) is 0. The number of rotatable bonds is 3. The number of fused-ring (bicyclic) bond motifs is 10. The first-order valence-electron chi connectivity index (χ1n) is 20.5. The van der Waals surface area contributed by atoms with Gasteiger partial charge in [0.1, 0.15) is 0 Å². The van der Waals surface area contributed by atoms with Crippen molar-refractivity contribution < 1.29 is 0 Å². The van der Waals surface area contributed by atoms with Crippen LogP contribution in [0.3, 0.4) is 0 Å². The number of anilines is 3. The second-order valence-corrected chi connectivity index (χ2v) is 21.1. The summed E-state index contributed by atoms with van der Waals surface area (Å²) in [6.45, 7) is 20.0. The lowest BCUT2D eigenvalue weighted by molar-refractivity contribution is -0.231. The van der Waals surface area contributed by atoms with Gasteiger partial charge in [0.15, 0.2) is 0 Å². The van der Waals surface area contributed by atoms with Crippen molar-refractivity contribution in [2.45, 2.75) is 134 Å². The minimum Gasteiger partial charge on any atom is -0.309 e. The zero-order valence-electron chi connectivity index (χ0n) is 32.4. The minimum atomic E-state index is 0.0742. The van der Waals surface area contributed by atoms with E-state index in [-0.39, 0.29) is 27.1 Å². The molecule has 0 saturated heterocycles. The summed E-state index contributed by atoms with van der Waals surface area (Å²) in [6.07, 6.45) is 10.8. The molecule has 4 aromatic rings. The van der Waals surface area contributed by atoms with Gasteiger partial charge in [0.2, 0.25) is 0 Å². The Balaban J connectivity index is 1.23. The molecule has 0 radical (unpaired) electrons. The standard InChI is InChI=1S/C50H57N/c1-45(2)22-24-47(5,6)43-35(45)17-12-20-38(43)51(39-21-13-18-36-44(39)48(7,8)25-23-46(36,3)4)37-19-11-16-34-42(37)32-14-9-10-15-33(32)50(34)40-27-30-26-31-28-41(50)49(31,40)29-30/h9-21,30-31,40-41H,22-29H2,1-8H3. The van der Waals surface area contributed by atoms with Crippen LogP contribution in [0.15, 0.2) is 78.9 Å². The van der Waals surface area contributed by atoms with Crippen molar-refractivity contribution in [3.63, 3.8) is 0 Å². The Hall–Kier alpha value is -3.32. The molecule has 6 atom stereocenters. The van der Waals surface area contributed by atoms with E-state index in [0.717, 1.165) is 23.7 Å². The molecule has 4 aromatic carbocycles. The molecule has 0 amide bonds. The average Bonchev–Trinajstić information content (AvgIpc) is 3.73. The average molecular weight is 672 g/mol. The van der Waals surface area contributed by atoms with Crippen LogP contribution in [-0.4, -0.2) is 0 Å². The van der Waals surface area contributed by atoms with Crippen LogP contribution >= 0.6 is 0 Å². The van der Waals surface area contributed by atoms with Gasteiger partial charge in [-0.2, -0.15) is 0 Å². The van der Waals surface area contributed by atoms with Crippen LogP contribution in [0.25, 0.3) is 11.1 Å². The van der Waals surface area contributed by atoms with Crippen molar-refractivity contribution in [3.05, 3.63) is 112 Å². The molecule has 0 aliphatic heterocycles. The molecular weight excluding hydrogens is 615 g/mol. The molecule has 2 spiro atoms. The molecule has 2 bridgehead atoms. The van der Waals surface area contributed by atoms with Crippen molar-refractivity contribution >= 4 is 17.1 Å². The third kappa shape index (κ3) is 3.52. The third-order valence-electron chi connectivity index (χ3n) is 17.0. The van der Waals surface area contributed by atoms with Crippen LogP contribution in [0.2, 0.25) is 0 Å².